The molecular weight excluding hydrogens is 342 g/mol. The van der Waals surface area contributed by atoms with Crippen LogP contribution >= 0.6 is 0 Å². The van der Waals surface area contributed by atoms with Crippen molar-refractivity contribution in [2.24, 2.45) is 13.0 Å². The number of likely N-dealkylation sites (tertiary alicyclic amines) is 1. The second-order valence-electron chi connectivity index (χ2n) is 7.14. The van der Waals surface area contributed by atoms with Crippen molar-refractivity contribution in [2.45, 2.75) is 32.6 Å². The number of hydrogen-bond donors (Lipinski definition) is 0. The minimum Gasteiger partial charge on any atom is -0.497 e. The summed E-state index contributed by atoms with van der Waals surface area (Å²) in [4.78, 5) is 14.9. The number of hydrogen-bond acceptors (Lipinski definition) is 4. The largest absolute Gasteiger partial charge is 0.497 e. The topological polar surface area (TPSA) is 56.6 Å². The Kier molecular flexibility index (Phi) is 6.37. The number of rotatable bonds is 7. The van der Waals surface area contributed by atoms with E-state index in [0.717, 1.165) is 56.0 Å². The van der Waals surface area contributed by atoms with E-state index < -0.39 is 0 Å². The molecule has 0 bridgehead atoms. The molecule has 3 rings (SSSR count). The molecule has 0 unspecified atom stereocenters. The van der Waals surface area contributed by atoms with Crippen LogP contribution in [0.1, 0.15) is 42.4 Å². The molecule has 6 nitrogen and oxygen atoms in total. The van der Waals surface area contributed by atoms with Gasteiger partial charge in [-0.1, -0.05) is 19.4 Å². The number of benzene rings is 1. The third kappa shape index (κ3) is 4.81. The van der Waals surface area contributed by atoms with Gasteiger partial charge >= 0.3 is 0 Å². The molecule has 146 valence electrons. The fourth-order valence-corrected chi connectivity index (χ4v) is 3.56. The van der Waals surface area contributed by atoms with Gasteiger partial charge in [0.15, 0.2) is 0 Å². The highest BCUT2D eigenvalue weighted by Crippen LogP contribution is 2.23. The molecule has 1 aliphatic heterocycles. The SMILES string of the molecule is CCCc1cc(C(=O)N2CCC[C@@H](COc3cccc(OC)c3)C2)n(C)n1. The first-order valence-electron chi connectivity index (χ1n) is 9.69. The quantitative estimate of drug-likeness (QED) is 0.749. The number of carbonyl (C=O) groups excluding carboxylic acids is 1. The zero-order chi connectivity index (χ0) is 19.2. The molecule has 1 aromatic carbocycles. The van der Waals surface area contributed by atoms with Crippen LogP contribution in [0.4, 0.5) is 0 Å². The minimum atomic E-state index is 0.0680. The van der Waals surface area contributed by atoms with Gasteiger partial charge in [-0.05, 0) is 37.5 Å². The number of amides is 1. The lowest BCUT2D eigenvalue weighted by Gasteiger charge is -2.32. The van der Waals surface area contributed by atoms with Crippen LogP contribution in [0.25, 0.3) is 0 Å². The summed E-state index contributed by atoms with van der Waals surface area (Å²) in [6.07, 6.45) is 3.99. The number of nitrogens with zero attached hydrogens (tertiary/aromatic N) is 3. The minimum absolute atomic E-state index is 0.0680. The summed E-state index contributed by atoms with van der Waals surface area (Å²) in [5.74, 6) is 1.98. The average Bonchev–Trinajstić information content (AvgIpc) is 3.06. The number of carbonyl (C=O) groups is 1. The van der Waals surface area contributed by atoms with Crippen LogP contribution in [0.5, 0.6) is 11.5 Å². The predicted octanol–water partition coefficient (Wildman–Crippen LogP) is 3.31. The van der Waals surface area contributed by atoms with Gasteiger partial charge in [0, 0.05) is 32.1 Å². The van der Waals surface area contributed by atoms with Crippen LogP contribution in [-0.4, -0.2) is 47.4 Å². The van der Waals surface area contributed by atoms with Crippen LogP contribution in [0.2, 0.25) is 0 Å². The van der Waals surface area contributed by atoms with Gasteiger partial charge in [0.05, 0.1) is 19.4 Å². The molecule has 1 aromatic heterocycles. The molecule has 6 heteroatoms. The molecule has 2 heterocycles. The first kappa shape index (κ1) is 19.3. The first-order chi connectivity index (χ1) is 13.1. The van der Waals surface area contributed by atoms with Crippen LogP contribution < -0.4 is 9.47 Å². The Morgan fingerprint density at radius 3 is 2.89 bits per heavy atom. The highest BCUT2D eigenvalue weighted by Gasteiger charge is 2.27. The molecule has 1 fully saturated rings. The van der Waals surface area contributed by atoms with Crippen molar-refractivity contribution in [2.75, 3.05) is 26.8 Å². The van der Waals surface area contributed by atoms with Gasteiger partial charge in [-0.15, -0.1) is 0 Å². The van der Waals surface area contributed by atoms with Gasteiger partial charge in [0.1, 0.15) is 17.2 Å². The van der Waals surface area contributed by atoms with E-state index in [-0.39, 0.29) is 5.91 Å². The molecule has 1 saturated heterocycles. The van der Waals surface area contributed by atoms with Gasteiger partial charge in [-0.3, -0.25) is 9.48 Å². The summed E-state index contributed by atoms with van der Waals surface area (Å²) >= 11 is 0. The van der Waals surface area contributed by atoms with E-state index >= 15 is 0 Å². The molecular formula is C21H29N3O3. The Morgan fingerprint density at radius 1 is 1.30 bits per heavy atom. The number of aromatic nitrogens is 2. The van der Waals surface area contributed by atoms with Crippen LogP contribution in [0.3, 0.4) is 0 Å². The maximum atomic E-state index is 12.9. The number of methoxy groups -OCH3 is 1. The number of ether oxygens (including phenoxy) is 2. The van der Waals surface area contributed by atoms with Gasteiger partial charge in [0.2, 0.25) is 0 Å². The smallest absolute Gasteiger partial charge is 0.272 e. The first-order valence-corrected chi connectivity index (χ1v) is 9.69. The zero-order valence-electron chi connectivity index (χ0n) is 16.5. The van der Waals surface area contributed by atoms with E-state index in [1.807, 2.05) is 42.3 Å². The van der Waals surface area contributed by atoms with Crippen LogP contribution in [0, 0.1) is 5.92 Å². The summed E-state index contributed by atoms with van der Waals surface area (Å²) in [5.41, 5.74) is 1.66. The Bertz CT molecular complexity index is 772. The van der Waals surface area contributed by atoms with Crippen molar-refractivity contribution in [3.05, 3.63) is 41.7 Å². The van der Waals surface area contributed by atoms with E-state index in [1.165, 1.54) is 0 Å². The summed E-state index contributed by atoms with van der Waals surface area (Å²) in [5, 5.41) is 4.46. The highest BCUT2D eigenvalue weighted by molar-refractivity contribution is 5.92. The standard InChI is InChI=1S/C21H29N3O3/c1-4-7-17-12-20(23(2)22-17)21(25)24-11-6-8-16(14-24)15-27-19-10-5-9-18(13-19)26-3/h5,9-10,12-13,16H,4,6-8,11,14-15H2,1-3H3/t16-/m1/s1. The summed E-state index contributed by atoms with van der Waals surface area (Å²) < 4.78 is 12.9. The van der Waals surface area contributed by atoms with E-state index in [9.17, 15) is 4.79 Å². The molecule has 1 aliphatic rings. The molecule has 2 aromatic rings. The van der Waals surface area contributed by atoms with Crippen molar-refractivity contribution in [1.29, 1.82) is 0 Å². The fourth-order valence-electron chi connectivity index (χ4n) is 3.56. The van der Waals surface area contributed by atoms with E-state index in [4.69, 9.17) is 9.47 Å². The van der Waals surface area contributed by atoms with E-state index in [2.05, 4.69) is 12.0 Å². The lowest BCUT2D eigenvalue weighted by atomic mass is 9.98. The number of aryl methyl sites for hydroxylation is 2. The number of piperidine rings is 1. The molecule has 1 amide bonds. The Hall–Kier alpha value is -2.50. The predicted molar refractivity (Wildman–Crippen MR) is 104 cm³/mol. The van der Waals surface area contributed by atoms with Crippen molar-refractivity contribution in [1.82, 2.24) is 14.7 Å². The van der Waals surface area contributed by atoms with Crippen molar-refractivity contribution >= 4 is 5.91 Å². The van der Waals surface area contributed by atoms with Gasteiger partial charge in [-0.25, -0.2) is 0 Å². The zero-order valence-corrected chi connectivity index (χ0v) is 16.5. The molecule has 0 N–H and O–H groups in total. The van der Waals surface area contributed by atoms with E-state index in [1.54, 1.807) is 11.8 Å². The Morgan fingerprint density at radius 2 is 2.11 bits per heavy atom. The van der Waals surface area contributed by atoms with Gasteiger partial charge in [-0.2, -0.15) is 5.10 Å². The molecule has 1 atom stereocenters. The molecule has 0 saturated carbocycles. The monoisotopic (exact) mass is 371 g/mol. The van der Waals surface area contributed by atoms with Crippen LogP contribution in [-0.2, 0) is 13.5 Å². The second-order valence-corrected chi connectivity index (χ2v) is 7.14. The maximum absolute atomic E-state index is 12.9. The van der Waals surface area contributed by atoms with Gasteiger partial charge < -0.3 is 14.4 Å². The summed E-state index contributed by atoms with van der Waals surface area (Å²) in [6.45, 7) is 4.23. The van der Waals surface area contributed by atoms with Crippen LogP contribution in [0.15, 0.2) is 30.3 Å². The lowest BCUT2D eigenvalue weighted by Crippen LogP contribution is -2.42. The Balaban J connectivity index is 1.59. The molecule has 0 radical (unpaired) electrons. The van der Waals surface area contributed by atoms with Gasteiger partial charge in [0.25, 0.3) is 5.91 Å². The summed E-state index contributed by atoms with van der Waals surface area (Å²) in [6, 6.07) is 9.56. The fraction of sp³-hybridized carbons (Fsp3) is 0.524. The van der Waals surface area contributed by atoms with Crippen molar-refractivity contribution in [3.8, 4) is 11.5 Å². The highest BCUT2D eigenvalue weighted by atomic mass is 16.5. The lowest BCUT2D eigenvalue weighted by molar-refractivity contribution is 0.0622. The maximum Gasteiger partial charge on any atom is 0.272 e. The van der Waals surface area contributed by atoms with Crippen molar-refractivity contribution < 1.29 is 14.3 Å². The Labute approximate surface area is 161 Å². The third-order valence-corrected chi connectivity index (χ3v) is 4.99. The normalized spacial score (nSPS) is 17.0. The average molecular weight is 371 g/mol. The van der Waals surface area contributed by atoms with Crippen molar-refractivity contribution in [3.63, 3.8) is 0 Å². The molecule has 0 spiro atoms. The third-order valence-electron chi connectivity index (χ3n) is 4.99. The molecule has 27 heavy (non-hydrogen) atoms. The molecule has 0 aliphatic carbocycles. The second kappa shape index (κ2) is 8.93. The summed E-state index contributed by atoms with van der Waals surface area (Å²) in [7, 11) is 3.49. The van der Waals surface area contributed by atoms with E-state index in [0.29, 0.717) is 18.2 Å².